The highest BCUT2D eigenvalue weighted by Crippen LogP contribution is 2.27. The smallest absolute Gasteiger partial charge is 0.269 e. The molecule has 0 aliphatic carbocycles. The Morgan fingerprint density at radius 1 is 1.19 bits per heavy atom. The molecule has 0 bridgehead atoms. The van der Waals surface area contributed by atoms with E-state index in [9.17, 15) is 4.79 Å². The number of carbonyl (C=O) groups is 1. The highest BCUT2D eigenvalue weighted by molar-refractivity contribution is 7.16. The van der Waals surface area contributed by atoms with Crippen LogP contribution < -0.4 is 5.32 Å². The van der Waals surface area contributed by atoms with E-state index in [1.807, 2.05) is 35.4 Å². The summed E-state index contributed by atoms with van der Waals surface area (Å²) in [5.41, 5.74) is 4.87. The van der Waals surface area contributed by atoms with E-state index >= 15 is 0 Å². The third-order valence-corrected chi connectivity index (χ3v) is 6.81. The first-order valence-electron chi connectivity index (χ1n) is 11.0. The number of nitrogens with zero attached hydrogens (tertiary/aromatic N) is 3. The molecule has 1 N–H and O–H groups in total. The Labute approximate surface area is 191 Å². The minimum absolute atomic E-state index is 0.0986. The highest BCUT2D eigenvalue weighted by Gasteiger charge is 2.17. The van der Waals surface area contributed by atoms with Crippen LogP contribution in [0.4, 0.5) is 0 Å². The number of nitrogens with one attached hydrogen (secondary N) is 1. The summed E-state index contributed by atoms with van der Waals surface area (Å²) in [6.07, 6.45) is 4.69. The van der Waals surface area contributed by atoms with Crippen LogP contribution in [0, 0.1) is 5.92 Å². The minimum atomic E-state index is -0.0986. The van der Waals surface area contributed by atoms with Gasteiger partial charge in [0.25, 0.3) is 5.91 Å². The molecule has 1 saturated heterocycles. The largest absolute Gasteiger partial charge is 0.381 e. The van der Waals surface area contributed by atoms with Gasteiger partial charge in [-0.15, -0.1) is 11.3 Å². The predicted molar refractivity (Wildman–Crippen MR) is 127 cm³/mol. The molecule has 3 aromatic heterocycles. The summed E-state index contributed by atoms with van der Waals surface area (Å²) in [6.45, 7) is 2.24. The molecule has 1 amide bonds. The summed E-state index contributed by atoms with van der Waals surface area (Å²) in [4.78, 5) is 18.4. The maximum atomic E-state index is 12.9. The Bertz CT molecular complexity index is 1220. The molecule has 0 radical (unpaired) electrons. The van der Waals surface area contributed by atoms with Gasteiger partial charge < -0.3 is 10.1 Å². The van der Waals surface area contributed by atoms with Crippen molar-refractivity contribution in [1.29, 1.82) is 0 Å². The van der Waals surface area contributed by atoms with Gasteiger partial charge in [-0.05, 0) is 59.9 Å². The lowest BCUT2D eigenvalue weighted by molar-refractivity contribution is 0.0642. The van der Waals surface area contributed by atoms with Crippen molar-refractivity contribution >= 4 is 27.5 Å². The SMILES string of the molecule is Cn1ccc(-c2ccc(Cc3cc(C(=O)NCC4CCOCC4)nc4sccc34)cc2)n1. The standard InChI is InChI=1S/C25H26N4O2S/c1-29-10-6-22(28-29)19-4-2-17(3-5-19)14-20-15-23(27-25-21(20)9-13-32-25)24(30)26-16-18-7-11-31-12-8-18/h2-6,9-10,13,15,18H,7-8,11-12,14,16H2,1H3,(H,26,30). The Hall–Kier alpha value is -3.03. The van der Waals surface area contributed by atoms with Crippen LogP contribution in [0.2, 0.25) is 0 Å². The number of aryl methyl sites for hydroxylation is 1. The van der Waals surface area contributed by atoms with Crippen LogP contribution >= 0.6 is 11.3 Å². The fourth-order valence-corrected chi connectivity index (χ4v) is 4.95. The van der Waals surface area contributed by atoms with Crippen molar-refractivity contribution in [2.75, 3.05) is 19.8 Å². The van der Waals surface area contributed by atoms with E-state index in [-0.39, 0.29) is 5.91 Å². The highest BCUT2D eigenvalue weighted by atomic mass is 32.1. The number of aromatic nitrogens is 3. The predicted octanol–water partition coefficient (Wildman–Crippen LogP) is 4.44. The summed E-state index contributed by atoms with van der Waals surface area (Å²) in [5.74, 6) is 0.383. The molecule has 4 heterocycles. The molecule has 5 rings (SSSR count). The third kappa shape index (κ3) is 4.59. The van der Waals surface area contributed by atoms with Crippen LogP contribution in [-0.2, 0) is 18.2 Å². The second kappa shape index (κ2) is 9.22. The quantitative estimate of drug-likeness (QED) is 0.475. The van der Waals surface area contributed by atoms with Gasteiger partial charge in [-0.25, -0.2) is 4.98 Å². The van der Waals surface area contributed by atoms with Crippen molar-refractivity contribution in [2.24, 2.45) is 13.0 Å². The second-order valence-corrected chi connectivity index (χ2v) is 9.21. The van der Waals surface area contributed by atoms with Gasteiger partial charge in [-0.3, -0.25) is 9.48 Å². The average molecular weight is 447 g/mol. The lowest BCUT2D eigenvalue weighted by atomic mass is 9.99. The molecule has 32 heavy (non-hydrogen) atoms. The zero-order chi connectivity index (χ0) is 21.9. The van der Waals surface area contributed by atoms with Gasteiger partial charge in [0.1, 0.15) is 10.5 Å². The number of ether oxygens (including phenoxy) is 1. The van der Waals surface area contributed by atoms with E-state index in [0.29, 0.717) is 18.2 Å². The normalized spacial score (nSPS) is 14.7. The van der Waals surface area contributed by atoms with Crippen LogP contribution in [0.15, 0.2) is 54.0 Å². The van der Waals surface area contributed by atoms with Crippen LogP contribution in [0.3, 0.4) is 0 Å². The summed E-state index contributed by atoms with van der Waals surface area (Å²) in [7, 11) is 1.92. The van der Waals surface area contributed by atoms with E-state index in [4.69, 9.17) is 4.74 Å². The van der Waals surface area contributed by atoms with E-state index < -0.39 is 0 Å². The van der Waals surface area contributed by atoms with Crippen molar-refractivity contribution < 1.29 is 9.53 Å². The molecule has 4 aromatic rings. The van der Waals surface area contributed by atoms with Crippen molar-refractivity contribution in [3.63, 3.8) is 0 Å². The molecule has 1 aromatic carbocycles. The lowest BCUT2D eigenvalue weighted by Gasteiger charge is -2.22. The van der Waals surface area contributed by atoms with E-state index in [2.05, 4.69) is 45.7 Å². The van der Waals surface area contributed by atoms with Crippen molar-refractivity contribution in [1.82, 2.24) is 20.1 Å². The third-order valence-electron chi connectivity index (χ3n) is 6.01. The maximum Gasteiger partial charge on any atom is 0.269 e. The molecule has 1 aliphatic heterocycles. The zero-order valence-corrected chi connectivity index (χ0v) is 18.9. The molecule has 164 valence electrons. The topological polar surface area (TPSA) is 69.0 Å². The van der Waals surface area contributed by atoms with Crippen molar-refractivity contribution in [3.8, 4) is 11.3 Å². The lowest BCUT2D eigenvalue weighted by Crippen LogP contribution is -2.32. The first-order chi connectivity index (χ1) is 15.7. The molecular formula is C25H26N4O2S. The molecule has 6 nitrogen and oxygen atoms in total. The van der Waals surface area contributed by atoms with Gasteiger partial charge in [0.15, 0.2) is 0 Å². The zero-order valence-electron chi connectivity index (χ0n) is 18.1. The Morgan fingerprint density at radius 3 is 2.75 bits per heavy atom. The van der Waals surface area contributed by atoms with E-state index in [1.54, 1.807) is 11.3 Å². The van der Waals surface area contributed by atoms with Crippen LogP contribution in [-0.4, -0.2) is 40.4 Å². The van der Waals surface area contributed by atoms with E-state index in [1.165, 1.54) is 5.56 Å². The fraction of sp³-hybridized carbons (Fsp3) is 0.320. The molecule has 0 spiro atoms. The van der Waals surface area contributed by atoms with Crippen LogP contribution in [0.25, 0.3) is 21.5 Å². The summed E-state index contributed by atoms with van der Waals surface area (Å²) in [5, 5.41) is 10.7. The first-order valence-corrected chi connectivity index (χ1v) is 11.9. The number of benzene rings is 1. The summed E-state index contributed by atoms with van der Waals surface area (Å²) in [6, 6.07) is 14.5. The minimum Gasteiger partial charge on any atom is -0.381 e. The number of rotatable bonds is 6. The number of hydrogen-bond acceptors (Lipinski definition) is 5. The number of pyridine rings is 1. The Morgan fingerprint density at radius 2 is 2.00 bits per heavy atom. The summed E-state index contributed by atoms with van der Waals surface area (Å²) >= 11 is 1.57. The first kappa shape index (κ1) is 20.8. The van der Waals surface area contributed by atoms with Crippen molar-refractivity contribution in [3.05, 3.63) is 70.9 Å². The second-order valence-electron chi connectivity index (χ2n) is 8.32. The molecule has 0 atom stereocenters. The molecule has 1 fully saturated rings. The van der Waals surface area contributed by atoms with Gasteiger partial charge >= 0.3 is 0 Å². The number of fused-ring (bicyclic) bond motifs is 1. The Kier molecular flexibility index (Phi) is 6.01. The molecule has 1 aliphatic rings. The number of hydrogen-bond donors (Lipinski definition) is 1. The van der Waals surface area contributed by atoms with E-state index in [0.717, 1.165) is 59.5 Å². The Balaban J connectivity index is 1.34. The number of carbonyl (C=O) groups excluding carboxylic acids is 1. The molecular weight excluding hydrogens is 420 g/mol. The van der Waals surface area contributed by atoms with Gasteiger partial charge in [0, 0.05) is 44.0 Å². The molecule has 7 heteroatoms. The van der Waals surface area contributed by atoms with Crippen LogP contribution in [0.5, 0.6) is 0 Å². The van der Waals surface area contributed by atoms with Gasteiger partial charge in [0.2, 0.25) is 0 Å². The number of amides is 1. The molecule has 0 unspecified atom stereocenters. The van der Waals surface area contributed by atoms with Gasteiger partial charge in [-0.1, -0.05) is 24.3 Å². The summed E-state index contributed by atoms with van der Waals surface area (Å²) < 4.78 is 7.22. The number of thiophene rings is 1. The van der Waals surface area contributed by atoms with Gasteiger partial charge in [-0.2, -0.15) is 5.10 Å². The van der Waals surface area contributed by atoms with Crippen LogP contribution in [0.1, 0.15) is 34.5 Å². The fourth-order valence-electron chi connectivity index (χ4n) is 4.14. The average Bonchev–Trinajstić information content (AvgIpc) is 3.48. The maximum absolute atomic E-state index is 12.9. The molecule has 0 saturated carbocycles. The van der Waals surface area contributed by atoms with Gasteiger partial charge in [0.05, 0.1) is 5.69 Å². The monoisotopic (exact) mass is 446 g/mol. The van der Waals surface area contributed by atoms with Crippen molar-refractivity contribution in [2.45, 2.75) is 19.3 Å².